The average Bonchev–Trinajstić information content (AvgIpc) is 3.13. The van der Waals surface area contributed by atoms with E-state index in [1.54, 1.807) is 24.3 Å². The number of halogens is 1. The third kappa shape index (κ3) is 4.51. The van der Waals surface area contributed by atoms with Gasteiger partial charge in [0, 0.05) is 17.3 Å². The Labute approximate surface area is 119 Å². The van der Waals surface area contributed by atoms with Gasteiger partial charge in [-0.25, -0.2) is 0 Å². The lowest BCUT2D eigenvalue weighted by Crippen LogP contribution is -2.32. The molecule has 4 heteroatoms. The number of anilines is 1. The lowest BCUT2D eigenvalue weighted by atomic mass is 10.0. The molecule has 0 heterocycles. The molecule has 1 fully saturated rings. The predicted octanol–water partition coefficient (Wildman–Crippen LogP) is 3.45. The van der Waals surface area contributed by atoms with Crippen molar-refractivity contribution in [1.82, 2.24) is 5.32 Å². The normalized spacial score (nSPS) is 16.1. The zero-order chi connectivity index (χ0) is 13.7. The minimum absolute atomic E-state index is 0.00498. The van der Waals surface area contributed by atoms with E-state index in [0.29, 0.717) is 17.0 Å². The van der Waals surface area contributed by atoms with Gasteiger partial charge in [-0.1, -0.05) is 24.9 Å². The third-order valence-electron chi connectivity index (χ3n) is 3.65. The molecule has 0 unspecified atom stereocenters. The lowest BCUT2D eigenvalue weighted by molar-refractivity contribution is -0.115. The second-order valence-corrected chi connectivity index (χ2v) is 5.85. The van der Waals surface area contributed by atoms with Crippen molar-refractivity contribution in [2.24, 2.45) is 5.41 Å². The molecule has 1 aliphatic rings. The highest BCUT2D eigenvalue weighted by Crippen LogP contribution is 2.48. The molecule has 0 saturated heterocycles. The molecule has 1 amide bonds. The molecule has 0 spiro atoms. The Hall–Kier alpha value is -1.06. The van der Waals surface area contributed by atoms with Gasteiger partial charge in [-0.15, -0.1) is 0 Å². The minimum Gasteiger partial charge on any atom is -0.325 e. The number of carbonyl (C=O) groups is 1. The monoisotopic (exact) mass is 280 g/mol. The molecule has 3 nitrogen and oxygen atoms in total. The summed E-state index contributed by atoms with van der Waals surface area (Å²) in [6.07, 6.45) is 5.08. The van der Waals surface area contributed by atoms with Crippen LogP contribution in [0.2, 0.25) is 5.02 Å². The molecule has 2 N–H and O–H groups in total. The largest absolute Gasteiger partial charge is 0.325 e. The van der Waals surface area contributed by atoms with E-state index in [-0.39, 0.29) is 5.91 Å². The van der Waals surface area contributed by atoms with Crippen molar-refractivity contribution in [2.75, 3.05) is 18.4 Å². The lowest BCUT2D eigenvalue weighted by Gasteiger charge is -2.14. The van der Waals surface area contributed by atoms with E-state index in [4.69, 9.17) is 11.6 Å². The van der Waals surface area contributed by atoms with Gasteiger partial charge < -0.3 is 10.6 Å². The number of rotatable bonds is 7. The first-order valence-corrected chi connectivity index (χ1v) is 7.27. The smallest absolute Gasteiger partial charge is 0.238 e. The summed E-state index contributed by atoms with van der Waals surface area (Å²) in [6, 6.07) is 7.15. The highest BCUT2D eigenvalue weighted by atomic mass is 35.5. The molecule has 19 heavy (non-hydrogen) atoms. The second-order valence-electron chi connectivity index (χ2n) is 5.41. The van der Waals surface area contributed by atoms with Crippen LogP contribution in [0.1, 0.15) is 32.6 Å². The molecular formula is C15H21ClN2O. The van der Waals surface area contributed by atoms with Crippen LogP contribution in [0.5, 0.6) is 0 Å². The van der Waals surface area contributed by atoms with Crippen molar-refractivity contribution >= 4 is 23.2 Å². The molecule has 1 aliphatic carbocycles. The van der Waals surface area contributed by atoms with E-state index in [1.807, 2.05) is 0 Å². The molecule has 2 rings (SSSR count). The zero-order valence-electron chi connectivity index (χ0n) is 11.3. The van der Waals surface area contributed by atoms with Crippen LogP contribution < -0.4 is 10.6 Å². The van der Waals surface area contributed by atoms with Crippen molar-refractivity contribution in [3.8, 4) is 0 Å². The fraction of sp³-hybridized carbons (Fsp3) is 0.533. The Kier molecular flexibility index (Phi) is 4.83. The second kappa shape index (κ2) is 6.40. The molecule has 1 aromatic carbocycles. The number of hydrogen-bond acceptors (Lipinski definition) is 2. The minimum atomic E-state index is -0.00498. The Morgan fingerprint density at radius 3 is 2.58 bits per heavy atom. The molecule has 0 aromatic heterocycles. The van der Waals surface area contributed by atoms with Crippen LogP contribution in [0, 0.1) is 5.41 Å². The van der Waals surface area contributed by atoms with Crippen LogP contribution in [0.4, 0.5) is 5.69 Å². The topological polar surface area (TPSA) is 41.1 Å². The fourth-order valence-electron chi connectivity index (χ4n) is 2.40. The maximum absolute atomic E-state index is 11.8. The van der Waals surface area contributed by atoms with E-state index in [2.05, 4.69) is 17.6 Å². The Morgan fingerprint density at radius 1 is 1.32 bits per heavy atom. The van der Waals surface area contributed by atoms with Crippen LogP contribution in [-0.2, 0) is 4.79 Å². The Balaban J connectivity index is 1.69. The van der Waals surface area contributed by atoms with E-state index < -0.39 is 0 Å². The molecule has 0 bridgehead atoms. The van der Waals surface area contributed by atoms with Gasteiger partial charge in [0.25, 0.3) is 0 Å². The van der Waals surface area contributed by atoms with Crippen molar-refractivity contribution in [3.63, 3.8) is 0 Å². The van der Waals surface area contributed by atoms with E-state index >= 15 is 0 Å². The summed E-state index contributed by atoms with van der Waals surface area (Å²) in [5.74, 6) is -0.00498. The standard InChI is InChI=1S/C15H21ClN2O/c1-2-7-15(8-9-15)11-17-10-14(19)18-13-5-3-12(16)4-6-13/h3-6,17H,2,7-11H2,1H3,(H,18,19). The first kappa shape index (κ1) is 14.4. The summed E-state index contributed by atoms with van der Waals surface area (Å²) in [7, 11) is 0. The molecular weight excluding hydrogens is 260 g/mol. The summed E-state index contributed by atoms with van der Waals surface area (Å²) in [6.45, 7) is 3.54. The molecule has 1 saturated carbocycles. The van der Waals surface area contributed by atoms with Crippen molar-refractivity contribution in [1.29, 1.82) is 0 Å². The summed E-state index contributed by atoms with van der Waals surface area (Å²) >= 11 is 5.79. The maximum Gasteiger partial charge on any atom is 0.238 e. The van der Waals surface area contributed by atoms with Gasteiger partial charge in [0.2, 0.25) is 5.91 Å². The first-order chi connectivity index (χ1) is 9.13. The van der Waals surface area contributed by atoms with Crippen molar-refractivity contribution in [3.05, 3.63) is 29.3 Å². The zero-order valence-corrected chi connectivity index (χ0v) is 12.1. The van der Waals surface area contributed by atoms with Crippen molar-refractivity contribution in [2.45, 2.75) is 32.6 Å². The molecule has 1 aromatic rings. The Morgan fingerprint density at radius 2 is 2.00 bits per heavy atom. The van der Waals surface area contributed by atoms with Gasteiger partial charge in [-0.2, -0.15) is 0 Å². The molecule has 0 radical (unpaired) electrons. The van der Waals surface area contributed by atoms with Gasteiger partial charge in [0.15, 0.2) is 0 Å². The summed E-state index contributed by atoms with van der Waals surface area (Å²) in [5, 5.41) is 6.79. The summed E-state index contributed by atoms with van der Waals surface area (Å²) in [5.41, 5.74) is 1.26. The van der Waals surface area contributed by atoms with Crippen LogP contribution in [0.25, 0.3) is 0 Å². The summed E-state index contributed by atoms with van der Waals surface area (Å²) in [4.78, 5) is 11.8. The predicted molar refractivity (Wildman–Crippen MR) is 79.5 cm³/mol. The van der Waals surface area contributed by atoms with Crippen molar-refractivity contribution < 1.29 is 4.79 Å². The summed E-state index contributed by atoms with van der Waals surface area (Å²) < 4.78 is 0. The van der Waals surface area contributed by atoms with Gasteiger partial charge in [0.05, 0.1) is 6.54 Å². The van der Waals surface area contributed by atoms with E-state index in [9.17, 15) is 4.79 Å². The Bertz CT molecular complexity index is 426. The van der Waals surface area contributed by atoms with E-state index in [1.165, 1.54) is 25.7 Å². The quantitative estimate of drug-likeness (QED) is 0.803. The molecule has 0 aliphatic heterocycles. The highest BCUT2D eigenvalue weighted by molar-refractivity contribution is 6.30. The SMILES string of the molecule is CCCC1(CNCC(=O)Nc2ccc(Cl)cc2)CC1. The van der Waals surface area contributed by atoms with Gasteiger partial charge in [0.1, 0.15) is 0 Å². The van der Waals surface area contributed by atoms with Crippen LogP contribution in [0.15, 0.2) is 24.3 Å². The average molecular weight is 281 g/mol. The van der Waals surface area contributed by atoms with Gasteiger partial charge >= 0.3 is 0 Å². The van der Waals surface area contributed by atoms with Gasteiger partial charge in [-0.3, -0.25) is 4.79 Å². The van der Waals surface area contributed by atoms with E-state index in [0.717, 1.165) is 12.2 Å². The maximum atomic E-state index is 11.8. The number of carbonyl (C=O) groups excluding carboxylic acids is 1. The van der Waals surface area contributed by atoms with Crippen LogP contribution >= 0.6 is 11.6 Å². The first-order valence-electron chi connectivity index (χ1n) is 6.90. The third-order valence-corrected chi connectivity index (χ3v) is 3.90. The fourth-order valence-corrected chi connectivity index (χ4v) is 2.53. The molecule has 104 valence electrons. The number of nitrogens with one attached hydrogen (secondary N) is 2. The number of amides is 1. The highest BCUT2D eigenvalue weighted by Gasteiger charge is 2.40. The van der Waals surface area contributed by atoms with Gasteiger partial charge in [-0.05, 0) is 48.9 Å². The number of hydrogen-bond donors (Lipinski definition) is 2. The number of benzene rings is 1. The van der Waals surface area contributed by atoms with Crippen LogP contribution in [-0.4, -0.2) is 19.0 Å². The van der Waals surface area contributed by atoms with Crippen LogP contribution in [0.3, 0.4) is 0 Å². The molecule has 0 atom stereocenters.